The molecule has 0 aromatic heterocycles. The van der Waals surface area contributed by atoms with Gasteiger partial charge in [0.25, 0.3) is 0 Å². The summed E-state index contributed by atoms with van der Waals surface area (Å²) in [6, 6.07) is 0. The van der Waals surface area contributed by atoms with Crippen molar-refractivity contribution in [2.45, 2.75) is 37.9 Å². The van der Waals surface area contributed by atoms with Crippen LogP contribution in [0, 0.1) is 0 Å². The normalized spacial score (nSPS) is 20.1. The van der Waals surface area contributed by atoms with E-state index in [-0.39, 0.29) is 0 Å². The van der Waals surface area contributed by atoms with E-state index in [4.69, 9.17) is 9.05 Å². The van der Waals surface area contributed by atoms with E-state index in [1.54, 1.807) is 6.08 Å². The summed E-state index contributed by atoms with van der Waals surface area (Å²) in [5, 5.41) is 9.73. The molecule has 1 unspecified atom stereocenters. The van der Waals surface area contributed by atoms with Crippen LogP contribution in [0.5, 0.6) is 0 Å². The first-order valence-electron chi connectivity index (χ1n) is 5.21. The molecule has 0 bridgehead atoms. The van der Waals surface area contributed by atoms with Crippen LogP contribution in [0.2, 0.25) is 0 Å². The van der Waals surface area contributed by atoms with Crippen LogP contribution in [0.3, 0.4) is 0 Å². The summed E-state index contributed by atoms with van der Waals surface area (Å²) in [7, 11) is -0.790. The van der Waals surface area contributed by atoms with Gasteiger partial charge in [0.05, 0.1) is 0 Å². The van der Waals surface area contributed by atoms with E-state index in [2.05, 4.69) is 0 Å². The van der Waals surface area contributed by atoms with Crippen LogP contribution >= 0.6 is 7.60 Å². The fraction of sp³-hybridized carbons (Fsp3) is 0.800. The third-order valence-corrected chi connectivity index (χ3v) is 4.53. The summed E-state index contributed by atoms with van der Waals surface area (Å²) in [5.41, 5.74) is 1.16. The van der Waals surface area contributed by atoms with Crippen LogP contribution in [0.4, 0.5) is 0 Å². The van der Waals surface area contributed by atoms with Crippen molar-refractivity contribution in [3.63, 3.8) is 0 Å². The highest BCUT2D eigenvalue weighted by Crippen LogP contribution is 2.51. The molecule has 1 fully saturated rings. The van der Waals surface area contributed by atoms with Crippen molar-refractivity contribution in [2.24, 2.45) is 0 Å². The van der Waals surface area contributed by atoms with Gasteiger partial charge in [-0.15, -0.1) is 0 Å². The van der Waals surface area contributed by atoms with E-state index in [1.165, 1.54) is 20.6 Å². The van der Waals surface area contributed by atoms with E-state index in [0.717, 1.165) is 31.3 Å². The van der Waals surface area contributed by atoms with Crippen molar-refractivity contribution in [3.05, 3.63) is 11.6 Å². The zero-order valence-electron chi connectivity index (χ0n) is 9.31. The monoisotopic (exact) mass is 234 g/mol. The van der Waals surface area contributed by atoms with E-state index >= 15 is 0 Å². The van der Waals surface area contributed by atoms with Crippen LogP contribution in [0.1, 0.15) is 32.1 Å². The Hall–Kier alpha value is -0.150. The molecule has 1 saturated carbocycles. The highest BCUT2D eigenvalue weighted by Gasteiger charge is 2.30. The molecule has 1 aliphatic rings. The summed E-state index contributed by atoms with van der Waals surface area (Å²) in [4.78, 5) is 0. The Morgan fingerprint density at radius 1 is 1.27 bits per heavy atom. The van der Waals surface area contributed by atoms with E-state index < -0.39 is 13.4 Å². The maximum absolute atomic E-state index is 11.8. The molecule has 0 saturated heterocycles. The first kappa shape index (κ1) is 12.9. The highest BCUT2D eigenvalue weighted by atomic mass is 31.2. The molecular weight excluding hydrogens is 215 g/mol. The van der Waals surface area contributed by atoms with Crippen LogP contribution in [-0.2, 0) is 13.6 Å². The third kappa shape index (κ3) is 3.42. The Kier molecular flexibility index (Phi) is 5.00. The fourth-order valence-electron chi connectivity index (χ4n) is 1.77. The lowest BCUT2D eigenvalue weighted by Gasteiger charge is -2.20. The Bertz CT molecular complexity index is 259. The summed E-state index contributed by atoms with van der Waals surface area (Å²) in [6.07, 6.45) is 7.10. The fourth-order valence-corrected chi connectivity index (χ4v) is 2.74. The molecule has 1 aliphatic carbocycles. The van der Waals surface area contributed by atoms with Crippen molar-refractivity contribution in [1.82, 2.24) is 0 Å². The number of rotatable bonds is 4. The molecule has 88 valence electrons. The summed E-state index contributed by atoms with van der Waals surface area (Å²) < 4.78 is 21.2. The minimum absolute atomic E-state index is 0.977. The lowest BCUT2D eigenvalue weighted by atomic mass is 9.95. The lowest BCUT2D eigenvalue weighted by Crippen LogP contribution is -2.09. The van der Waals surface area contributed by atoms with E-state index in [9.17, 15) is 9.67 Å². The van der Waals surface area contributed by atoms with Gasteiger partial charge in [-0.05, 0) is 31.8 Å². The predicted molar refractivity (Wildman–Crippen MR) is 58.8 cm³/mol. The number of aliphatic hydroxyl groups excluding tert-OH is 1. The molecular formula is C10H19O4P. The van der Waals surface area contributed by atoms with Crippen LogP contribution in [0.15, 0.2) is 11.6 Å². The van der Waals surface area contributed by atoms with Crippen molar-refractivity contribution >= 4 is 7.60 Å². The maximum Gasteiger partial charge on any atom is 0.362 e. The van der Waals surface area contributed by atoms with Gasteiger partial charge in [-0.3, -0.25) is 4.57 Å². The molecule has 0 spiro atoms. The highest BCUT2D eigenvalue weighted by molar-refractivity contribution is 7.54. The lowest BCUT2D eigenvalue weighted by molar-refractivity contribution is 0.200. The average molecular weight is 234 g/mol. The molecule has 0 aromatic rings. The van der Waals surface area contributed by atoms with E-state index in [1.807, 2.05) is 0 Å². The molecule has 0 aromatic carbocycles. The molecule has 1 rings (SSSR count). The van der Waals surface area contributed by atoms with Crippen LogP contribution in [-0.4, -0.2) is 25.2 Å². The number of hydrogen-bond acceptors (Lipinski definition) is 4. The largest absolute Gasteiger partial charge is 0.377 e. The van der Waals surface area contributed by atoms with Crippen LogP contribution < -0.4 is 0 Å². The Morgan fingerprint density at radius 2 is 1.80 bits per heavy atom. The zero-order valence-corrected chi connectivity index (χ0v) is 10.2. The second kappa shape index (κ2) is 5.80. The predicted octanol–water partition coefficient (Wildman–Crippen LogP) is 2.68. The Labute approximate surface area is 90.8 Å². The van der Waals surface area contributed by atoms with Crippen LogP contribution in [0.25, 0.3) is 0 Å². The van der Waals surface area contributed by atoms with Gasteiger partial charge in [0.2, 0.25) is 0 Å². The van der Waals surface area contributed by atoms with Gasteiger partial charge in [0, 0.05) is 14.2 Å². The van der Waals surface area contributed by atoms with Gasteiger partial charge in [-0.1, -0.05) is 12.0 Å². The van der Waals surface area contributed by atoms with Crippen molar-refractivity contribution < 1.29 is 18.7 Å². The molecule has 0 heterocycles. The summed E-state index contributed by atoms with van der Waals surface area (Å²) >= 11 is 0. The minimum Gasteiger partial charge on any atom is -0.377 e. The first-order chi connectivity index (χ1) is 7.12. The summed E-state index contributed by atoms with van der Waals surface area (Å²) in [6.45, 7) is 0. The first-order valence-corrected chi connectivity index (χ1v) is 6.82. The molecule has 5 heteroatoms. The second-order valence-corrected chi connectivity index (χ2v) is 6.04. The van der Waals surface area contributed by atoms with Crippen molar-refractivity contribution in [2.75, 3.05) is 14.2 Å². The van der Waals surface area contributed by atoms with Gasteiger partial charge in [0.1, 0.15) is 0 Å². The maximum atomic E-state index is 11.8. The molecule has 1 atom stereocenters. The van der Waals surface area contributed by atoms with Gasteiger partial charge in [-0.2, -0.15) is 0 Å². The smallest absolute Gasteiger partial charge is 0.362 e. The third-order valence-electron chi connectivity index (χ3n) is 2.71. The molecule has 15 heavy (non-hydrogen) atoms. The topological polar surface area (TPSA) is 55.8 Å². The average Bonchev–Trinajstić information content (AvgIpc) is 2.29. The quantitative estimate of drug-likeness (QED) is 0.600. The molecule has 0 aliphatic heterocycles. The van der Waals surface area contributed by atoms with E-state index in [0.29, 0.717) is 0 Å². The van der Waals surface area contributed by atoms with Crippen molar-refractivity contribution in [1.29, 1.82) is 0 Å². The van der Waals surface area contributed by atoms with Gasteiger partial charge >= 0.3 is 7.60 Å². The number of hydrogen-bond donors (Lipinski definition) is 1. The number of aliphatic hydroxyl groups is 1. The number of allylic oxidation sites excluding steroid dienone is 1. The Morgan fingerprint density at radius 3 is 2.27 bits per heavy atom. The van der Waals surface area contributed by atoms with Gasteiger partial charge in [0.15, 0.2) is 5.85 Å². The van der Waals surface area contributed by atoms with Crippen molar-refractivity contribution in [3.8, 4) is 0 Å². The zero-order chi connectivity index (χ0) is 11.3. The Balaban J connectivity index is 2.67. The molecule has 4 nitrogen and oxygen atoms in total. The molecule has 1 N–H and O–H groups in total. The standard InChI is InChI=1S/C10H19O4P/c1-13-15(12,14-2)10(11)8-9-6-4-3-5-7-9/h8,10-11H,3-7H2,1-2H3. The van der Waals surface area contributed by atoms with Gasteiger partial charge < -0.3 is 14.2 Å². The SMILES string of the molecule is COP(=O)(OC)C(O)C=C1CCCCC1. The second-order valence-electron chi connectivity index (χ2n) is 3.70. The molecule has 0 radical (unpaired) electrons. The van der Waals surface area contributed by atoms with Gasteiger partial charge in [-0.25, -0.2) is 0 Å². The minimum atomic E-state index is -3.36. The summed E-state index contributed by atoms with van der Waals surface area (Å²) in [5.74, 6) is -1.14. The molecule has 0 amide bonds.